The second-order valence-corrected chi connectivity index (χ2v) is 8.02. The molecular weight excluding hydrogens is 244 g/mol. The van der Waals surface area contributed by atoms with Gasteiger partial charge in [0.15, 0.2) is 0 Å². The molecule has 2 fully saturated rings. The van der Waals surface area contributed by atoms with Crippen LogP contribution in [0.5, 0.6) is 0 Å². The van der Waals surface area contributed by atoms with Gasteiger partial charge < -0.3 is 5.73 Å². The van der Waals surface area contributed by atoms with Gasteiger partial charge in [0.2, 0.25) is 0 Å². The lowest BCUT2D eigenvalue weighted by Crippen LogP contribution is -2.47. The molecule has 0 spiro atoms. The van der Waals surface area contributed by atoms with Crippen LogP contribution in [-0.2, 0) is 0 Å². The van der Waals surface area contributed by atoms with Crippen molar-refractivity contribution in [3.8, 4) is 0 Å². The molecule has 0 aromatic rings. The summed E-state index contributed by atoms with van der Waals surface area (Å²) in [5.41, 5.74) is 7.09. The summed E-state index contributed by atoms with van der Waals surface area (Å²) in [5.74, 6) is 0. The summed E-state index contributed by atoms with van der Waals surface area (Å²) >= 11 is 0. The summed E-state index contributed by atoms with van der Waals surface area (Å²) < 4.78 is 0. The van der Waals surface area contributed by atoms with Crippen molar-refractivity contribution >= 4 is 0 Å². The molecular formula is C18H36N2. The van der Waals surface area contributed by atoms with Crippen LogP contribution in [0.3, 0.4) is 0 Å². The number of likely N-dealkylation sites (tertiary alicyclic amines) is 1. The average Bonchev–Trinajstić information content (AvgIpc) is 2.74. The molecule has 20 heavy (non-hydrogen) atoms. The lowest BCUT2D eigenvalue weighted by atomic mass is 9.92. The molecule has 1 aliphatic carbocycles. The van der Waals surface area contributed by atoms with Crippen LogP contribution < -0.4 is 5.73 Å². The molecule has 2 atom stereocenters. The molecule has 2 N–H and O–H groups in total. The molecule has 0 aromatic carbocycles. The van der Waals surface area contributed by atoms with Gasteiger partial charge in [0, 0.05) is 18.6 Å². The summed E-state index contributed by atoms with van der Waals surface area (Å²) in [4.78, 5) is 2.72. The number of nitrogens with zero attached hydrogens (tertiary/aromatic N) is 1. The zero-order chi connectivity index (χ0) is 14.4. The van der Waals surface area contributed by atoms with Crippen molar-refractivity contribution in [3.05, 3.63) is 0 Å². The van der Waals surface area contributed by atoms with Crippen molar-refractivity contribution in [1.29, 1.82) is 0 Å². The van der Waals surface area contributed by atoms with E-state index in [4.69, 9.17) is 5.73 Å². The van der Waals surface area contributed by atoms with Gasteiger partial charge in [-0.3, -0.25) is 4.90 Å². The quantitative estimate of drug-likeness (QED) is 0.774. The fourth-order valence-electron chi connectivity index (χ4n) is 4.09. The van der Waals surface area contributed by atoms with Crippen molar-refractivity contribution in [2.45, 2.75) is 96.6 Å². The molecule has 118 valence electrons. The van der Waals surface area contributed by atoms with Gasteiger partial charge in [0.05, 0.1) is 0 Å². The Kier molecular flexibility index (Phi) is 6.35. The van der Waals surface area contributed by atoms with E-state index in [-0.39, 0.29) is 0 Å². The van der Waals surface area contributed by atoms with Gasteiger partial charge >= 0.3 is 0 Å². The van der Waals surface area contributed by atoms with Gasteiger partial charge in [-0.15, -0.1) is 0 Å². The highest BCUT2D eigenvalue weighted by molar-refractivity contribution is 4.91. The van der Waals surface area contributed by atoms with Crippen molar-refractivity contribution in [2.75, 3.05) is 13.1 Å². The molecule has 1 saturated heterocycles. The van der Waals surface area contributed by atoms with Crippen LogP contribution in [0.1, 0.15) is 84.5 Å². The first kappa shape index (κ1) is 16.3. The maximum absolute atomic E-state index is 6.59. The predicted molar refractivity (Wildman–Crippen MR) is 87.9 cm³/mol. The lowest BCUT2D eigenvalue weighted by Gasteiger charge is -2.34. The molecule has 1 saturated carbocycles. The van der Waals surface area contributed by atoms with E-state index < -0.39 is 0 Å². The maximum Gasteiger partial charge on any atom is 0.0247 e. The molecule has 0 aromatic heterocycles. The van der Waals surface area contributed by atoms with Crippen LogP contribution in [0.4, 0.5) is 0 Å². The van der Waals surface area contributed by atoms with E-state index in [9.17, 15) is 0 Å². The summed E-state index contributed by atoms with van der Waals surface area (Å²) in [6.07, 6.45) is 15.2. The monoisotopic (exact) mass is 280 g/mol. The number of nitrogens with two attached hydrogens (primary N) is 1. The van der Waals surface area contributed by atoms with Crippen LogP contribution in [0.15, 0.2) is 0 Å². The van der Waals surface area contributed by atoms with E-state index in [0.717, 1.165) is 0 Å². The second-order valence-electron chi connectivity index (χ2n) is 8.02. The highest BCUT2D eigenvalue weighted by atomic mass is 15.2. The zero-order valence-electron chi connectivity index (χ0n) is 13.9. The third kappa shape index (κ3) is 5.04. The summed E-state index contributed by atoms with van der Waals surface area (Å²) in [6.45, 7) is 7.35. The van der Waals surface area contributed by atoms with Crippen molar-refractivity contribution in [2.24, 2.45) is 11.1 Å². The fourth-order valence-corrected chi connectivity index (χ4v) is 4.09. The van der Waals surface area contributed by atoms with Gasteiger partial charge in [-0.2, -0.15) is 0 Å². The first-order chi connectivity index (χ1) is 9.58. The Hall–Kier alpha value is -0.0800. The summed E-state index contributed by atoms with van der Waals surface area (Å²) in [7, 11) is 0. The van der Waals surface area contributed by atoms with E-state index in [1.54, 1.807) is 0 Å². The molecule has 0 bridgehead atoms. The smallest absolute Gasteiger partial charge is 0.0247 e. The van der Waals surface area contributed by atoms with Crippen molar-refractivity contribution < 1.29 is 0 Å². The minimum atomic E-state index is 0.406. The largest absolute Gasteiger partial charge is 0.326 e. The maximum atomic E-state index is 6.59. The number of hydrogen-bond acceptors (Lipinski definition) is 2. The van der Waals surface area contributed by atoms with E-state index in [2.05, 4.69) is 18.7 Å². The van der Waals surface area contributed by atoms with Gasteiger partial charge in [-0.05, 0) is 31.2 Å². The minimum absolute atomic E-state index is 0.406. The summed E-state index contributed by atoms with van der Waals surface area (Å²) in [6, 6.07) is 1.06. The first-order valence-electron chi connectivity index (χ1n) is 9.08. The van der Waals surface area contributed by atoms with Crippen molar-refractivity contribution in [1.82, 2.24) is 4.90 Å². The average molecular weight is 280 g/mol. The topological polar surface area (TPSA) is 29.3 Å². The van der Waals surface area contributed by atoms with E-state index in [1.807, 2.05) is 0 Å². The minimum Gasteiger partial charge on any atom is -0.326 e. The van der Waals surface area contributed by atoms with Crippen molar-refractivity contribution in [3.63, 3.8) is 0 Å². The van der Waals surface area contributed by atoms with E-state index in [0.29, 0.717) is 17.5 Å². The third-order valence-corrected chi connectivity index (χ3v) is 5.46. The zero-order valence-corrected chi connectivity index (χ0v) is 13.9. The van der Waals surface area contributed by atoms with Crippen LogP contribution in [0.2, 0.25) is 0 Å². The Bertz CT molecular complexity index is 275. The Morgan fingerprint density at radius 2 is 1.40 bits per heavy atom. The fraction of sp³-hybridized carbons (Fsp3) is 1.00. The molecule has 2 nitrogen and oxygen atoms in total. The number of rotatable bonds is 1. The molecule has 0 radical (unpaired) electrons. The molecule has 1 heterocycles. The molecule has 2 aliphatic rings. The van der Waals surface area contributed by atoms with Crippen LogP contribution in [0.25, 0.3) is 0 Å². The molecule has 0 amide bonds. The standard InChI is InChI=1S/C18H36N2/c1-18(2)13-14-20(15-18)17-12-10-8-6-4-3-5-7-9-11-16(17)19/h16-17H,3-15,19H2,1-2H3. The van der Waals surface area contributed by atoms with Gasteiger partial charge in [-0.25, -0.2) is 0 Å². The number of hydrogen-bond donors (Lipinski definition) is 1. The Morgan fingerprint density at radius 1 is 0.850 bits per heavy atom. The highest BCUT2D eigenvalue weighted by Gasteiger charge is 2.35. The van der Waals surface area contributed by atoms with Gasteiger partial charge in [-0.1, -0.05) is 65.2 Å². The van der Waals surface area contributed by atoms with E-state index >= 15 is 0 Å². The predicted octanol–water partition coefficient (Wildman–Crippen LogP) is 4.33. The Labute approximate surface area is 126 Å². The lowest BCUT2D eigenvalue weighted by molar-refractivity contribution is 0.170. The normalized spacial score (nSPS) is 34.4. The van der Waals surface area contributed by atoms with Crippen LogP contribution in [0, 0.1) is 5.41 Å². The van der Waals surface area contributed by atoms with Crippen LogP contribution in [-0.4, -0.2) is 30.1 Å². The van der Waals surface area contributed by atoms with Gasteiger partial charge in [0.25, 0.3) is 0 Å². The molecule has 2 rings (SSSR count). The highest BCUT2D eigenvalue weighted by Crippen LogP contribution is 2.32. The molecule has 1 aliphatic heterocycles. The first-order valence-corrected chi connectivity index (χ1v) is 9.08. The third-order valence-electron chi connectivity index (χ3n) is 5.46. The Balaban J connectivity index is 1.91. The summed E-state index contributed by atoms with van der Waals surface area (Å²) in [5, 5.41) is 0. The second kappa shape index (κ2) is 7.79. The Morgan fingerprint density at radius 3 is 1.95 bits per heavy atom. The molecule has 2 heteroatoms. The van der Waals surface area contributed by atoms with E-state index in [1.165, 1.54) is 83.7 Å². The van der Waals surface area contributed by atoms with Crippen LogP contribution >= 0.6 is 0 Å². The molecule has 2 unspecified atom stereocenters. The SMILES string of the molecule is CC1(C)CCN(C2CCCCCCCCCCC2N)C1. The van der Waals surface area contributed by atoms with Gasteiger partial charge in [0.1, 0.15) is 0 Å².